The number of carbonyl (C=O) groups excluding carboxylic acids is 1. The maximum Gasteiger partial charge on any atom is 0.226 e. The van der Waals surface area contributed by atoms with Crippen molar-refractivity contribution in [2.24, 2.45) is 4.99 Å². The Morgan fingerprint density at radius 2 is 1.86 bits per heavy atom. The second kappa shape index (κ2) is 9.57. The van der Waals surface area contributed by atoms with E-state index in [4.69, 9.17) is 14.2 Å². The molecule has 0 amide bonds. The summed E-state index contributed by atoms with van der Waals surface area (Å²) in [6.07, 6.45) is 4.51. The van der Waals surface area contributed by atoms with E-state index in [0.717, 1.165) is 61.0 Å². The van der Waals surface area contributed by atoms with Crippen LogP contribution in [0.3, 0.4) is 0 Å². The quantitative estimate of drug-likeness (QED) is 0.732. The molecule has 1 fully saturated rings. The van der Waals surface area contributed by atoms with Gasteiger partial charge in [-0.05, 0) is 43.2 Å². The standard InChI is InChI=1S/C22H26N2O4.ClH/c1-15-13-17(20-4-3-18-19(25)5-6-23-22(18)28-20)14-16(2)21(15)27-12-9-24-7-10-26-11-8-24;/h4,6,13-14H,3,5,7-12H2,1-2H3;1H. The van der Waals surface area contributed by atoms with Gasteiger partial charge in [-0.2, -0.15) is 0 Å². The Morgan fingerprint density at radius 1 is 1.14 bits per heavy atom. The Morgan fingerprint density at radius 3 is 2.59 bits per heavy atom. The maximum absolute atomic E-state index is 12.0. The molecule has 0 unspecified atom stereocenters. The highest BCUT2D eigenvalue weighted by Crippen LogP contribution is 2.34. The molecule has 0 saturated carbocycles. The van der Waals surface area contributed by atoms with Gasteiger partial charge in [-0.3, -0.25) is 9.69 Å². The highest BCUT2D eigenvalue weighted by Gasteiger charge is 2.24. The molecule has 0 radical (unpaired) electrons. The predicted octanol–water partition coefficient (Wildman–Crippen LogP) is 3.45. The Labute approximate surface area is 177 Å². The van der Waals surface area contributed by atoms with Crippen molar-refractivity contribution in [3.05, 3.63) is 46.4 Å². The molecule has 0 aromatic heterocycles. The van der Waals surface area contributed by atoms with Crippen LogP contribution in [0.2, 0.25) is 0 Å². The van der Waals surface area contributed by atoms with E-state index in [1.165, 1.54) is 0 Å². The first-order chi connectivity index (χ1) is 13.6. The van der Waals surface area contributed by atoms with Crippen LogP contribution in [-0.2, 0) is 14.3 Å². The Balaban J connectivity index is 0.00000240. The summed E-state index contributed by atoms with van der Waals surface area (Å²) < 4.78 is 17.4. The van der Waals surface area contributed by atoms with Crippen LogP contribution in [0.5, 0.6) is 5.75 Å². The first kappa shape index (κ1) is 21.6. The van der Waals surface area contributed by atoms with Crippen molar-refractivity contribution in [3.63, 3.8) is 0 Å². The van der Waals surface area contributed by atoms with Crippen LogP contribution in [0.15, 0.2) is 34.7 Å². The van der Waals surface area contributed by atoms with Crippen molar-refractivity contribution >= 4 is 30.2 Å². The number of morpholine rings is 1. The summed E-state index contributed by atoms with van der Waals surface area (Å²) >= 11 is 0. The summed E-state index contributed by atoms with van der Waals surface area (Å²) in [6, 6.07) is 4.14. The molecular formula is C22H27ClN2O4. The monoisotopic (exact) mass is 418 g/mol. The number of carbonyl (C=O) groups is 1. The molecule has 0 N–H and O–H groups in total. The molecular weight excluding hydrogens is 392 g/mol. The molecule has 156 valence electrons. The van der Waals surface area contributed by atoms with Crippen molar-refractivity contribution in [2.75, 3.05) is 39.5 Å². The van der Waals surface area contributed by atoms with E-state index < -0.39 is 0 Å². The number of rotatable bonds is 5. The number of hydrogen-bond acceptors (Lipinski definition) is 6. The molecule has 0 aliphatic carbocycles. The molecule has 4 rings (SSSR count). The number of aryl methyl sites for hydroxylation is 2. The molecule has 29 heavy (non-hydrogen) atoms. The van der Waals surface area contributed by atoms with Gasteiger partial charge in [0.1, 0.15) is 18.1 Å². The topological polar surface area (TPSA) is 60.4 Å². The van der Waals surface area contributed by atoms with Gasteiger partial charge >= 0.3 is 0 Å². The third kappa shape index (κ3) is 4.89. The molecule has 1 saturated heterocycles. The highest BCUT2D eigenvalue weighted by molar-refractivity contribution is 6.06. The molecule has 0 atom stereocenters. The Hall–Kier alpha value is -2.15. The number of nitrogens with zero attached hydrogens (tertiary/aromatic N) is 2. The van der Waals surface area contributed by atoms with Crippen molar-refractivity contribution in [3.8, 4) is 5.75 Å². The summed E-state index contributed by atoms with van der Waals surface area (Å²) in [5.74, 6) is 2.21. The molecule has 0 bridgehead atoms. The fourth-order valence-electron chi connectivity index (χ4n) is 3.76. The van der Waals surface area contributed by atoms with Gasteiger partial charge in [0, 0.05) is 44.3 Å². The van der Waals surface area contributed by atoms with Gasteiger partial charge in [-0.15, -0.1) is 12.4 Å². The van der Waals surface area contributed by atoms with E-state index in [0.29, 0.717) is 30.9 Å². The lowest BCUT2D eigenvalue weighted by Crippen LogP contribution is -2.38. The summed E-state index contributed by atoms with van der Waals surface area (Å²) in [5, 5.41) is 0. The van der Waals surface area contributed by atoms with Crippen LogP contribution in [0.1, 0.15) is 29.5 Å². The summed E-state index contributed by atoms with van der Waals surface area (Å²) in [5.41, 5.74) is 3.80. The molecule has 3 aliphatic rings. The second-order valence-corrected chi connectivity index (χ2v) is 7.34. The van der Waals surface area contributed by atoms with Crippen LogP contribution in [0, 0.1) is 13.8 Å². The van der Waals surface area contributed by atoms with Gasteiger partial charge < -0.3 is 14.2 Å². The molecule has 3 aliphatic heterocycles. The van der Waals surface area contributed by atoms with Crippen LogP contribution in [-0.4, -0.2) is 56.4 Å². The molecule has 1 aromatic rings. The van der Waals surface area contributed by atoms with Gasteiger partial charge in [0.25, 0.3) is 0 Å². The minimum absolute atomic E-state index is 0. The molecule has 6 nitrogen and oxygen atoms in total. The summed E-state index contributed by atoms with van der Waals surface area (Å²) in [4.78, 5) is 18.6. The highest BCUT2D eigenvalue weighted by atomic mass is 35.5. The summed E-state index contributed by atoms with van der Waals surface area (Å²) in [7, 11) is 0. The largest absolute Gasteiger partial charge is 0.492 e. The van der Waals surface area contributed by atoms with Crippen molar-refractivity contribution in [1.82, 2.24) is 4.90 Å². The SMILES string of the molecule is Cc1cc(C2=CCC3=C(N=CCC3=O)O2)cc(C)c1OCCN1CCOCC1.Cl. The van der Waals surface area contributed by atoms with E-state index in [2.05, 4.69) is 35.9 Å². The first-order valence-electron chi connectivity index (χ1n) is 9.83. The average Bonchev–Trinajstić information content (AvgIpc) is 2.70. The van der Waals surface area contributed by atoms with E-state index >= 15 is 0 Å². The Kier molecular flexibility index (Phi) is 7.11. The Bertz CT molecular complexity index is 847. The number of Topliss-reactive ketones (excluding diaryl/α,β-unsaturated/α-hetero) is 1. The third-order valence-electron chi connectivity index (χ3n) is 5.28. The third-order valence-corrected chi connectivity index (χ3v) is 5.28. The second-order valence-electron chi connectivity index (χ2n) is 7.34. The lowest BCUT2D eigenvalue weighted by Gasteiger charge is -2.26. The normalized spacial score (nSPS) is 19.2. The van der Waals surface area contributed by atoms with Crippen molar-refractivity contribution < 1.29 is 19.0 Å². The zero-order valence-corrected chi connectivity index (χ0v) is 17.7. The number of ether oxygens (including phenoxy) is 3. The van der Waals surface area contributed by atoms with Gasteiger partial charge in [0.05, 0.1) is 18.8 Å². The average molecular weight is 419 g/mol. The number of allylic oxidation sites excluding steroid dienone is 2. The molecule has 7 heteroatoms. The fraction of sp³-hybridized carbons (Fsp3) is 0.455. The lowest BCUT2D eigenvalue weighted by atomic mass is 9.99. The van der Waals surface area contributed by atoms with E-state index in [-0.39, 0.29) is 18.2 Å². The first-order valence-corrected chi connectivity index (χ1v) is 9.83. The zero-order chi connectivity index (χ0) is 19.5. The number of ketones is 1. The zero-order valence-electron chi connectivity index (χ0n) is 16.9. The minimum Gasteiger partial charge on any atom is -0.492 e. The summed E-state index contributed by atoms with van der Waals surface area (Å²) in [6.45, 7) is 9.21. The van der Waals surface area contributed by atoms with Crippen molar-refractivity contribution in [2.45, 2.75) is 26.7 Å². The van der Waals surface area contributed by atoms with Gasteiger partial charge in [-0.1, -0.05) is 0 Å². The number of halogens is 1. The van der Waals surface area contributed by atoms with Crippen LogP contribution in [0.25, 0.3) is 5.76 Å². The van der Waals surface area contributed by atoms with Crippen molar-refractivity contribution in [1.29, 1.82) is 0 Å². The molecule has 3 heterocycles. The van der Waals surface area contributed by atoms with Crippen LogP contribution < -0.4 is 4.74 Å². The van der Waals surface area contributed by atoms with Crippen LogP contribution >= 0.6 is 12.4 Å². The number of aliphatic imine (C=N–C) groups is 1. The van der Waals surface area contributed by atoms with Gasteiger partial charge in [-0.25, -0.2) is 4.99 Å². The number of hydrogen-bond donors (Lipinski definition) is 0. The van der Waals surface area contributed by atoms with E-state index in [9.17, 15) is 4.79 Å². The van der Waals surface area contributed by atoms with E-state index in [1.54, 1.807) is 6.21 Å². The predicted molar refractivity (Wildman–Crippen MR) is 115 cm³/mol. The minimum atomic E-state index is 0. The molecule has 0 spiro atoms. The lowest BCUT2D eigenvalue weighted by molar-refractivity contribution is -0.114. The smallest absolute Gasteiger partial charge is 0.226 e. The number of benzene rings is 1. The van der Waals surface area contributed by atoms with Gasteiger partial charge in [0.2, 0.25) is 5.88 Å². The van der Waals surface area contributed by atoms with Gasteiger partial charge in [0.15, 0.2) is 5.78 Å². The molecule has 1 aromatic carbocycles. The fourth-order valence-corrected chi connectivity index (χ4v) is 3.76. The van der Waals surface area contributed by atoms with Crippen LogP contribution in [0.4, 0.5) is 0 Å². The maximum atomic E-state index is 12.0. The van der Waals surface area contributed by atoms with E-state index in [1.807, 2.05) is 6.08 Å².